The highest BCUT2D eigenvalue weighted by Gasteiger charge is 2.11. The van der Waals surface area contributed by atoms with Gasteiger partial charge in [0.1, 0.15) is 5.75 Å². The van der Waals surface area contributed by atoms with Gasteiger partial charge in [0.25, 0.3) is 5.69 Å². The van der Waals surface area contributed by atoms with E-state index in [0.717, 1.165) is 11.3 Å². The van der Waals surface area contributed by atoms with E-state index in [-0.39, 0.29) is 11.6 Å². The van der Waals surface area contributed by atoms with Gasteiger partial charge >= 0.3 is 0 Å². The summed E-state index contributed by atoms with van der Waals surface area (Å²) >= 11 is 1.19. The first-order valence-corrected chi connectivity index (χ1v) is 8.05. The molecule has 7 nitrogen and oxygen atoms in total. The van der Waals surface area contributed by atoms with E-state index in [4.69, 9.17) is 4.74 Å². The van der Waals surface area contributed by atoms with Gasteiger partial charge in [0.2, 0.25) is 5.91 Å². The normalized spacial score (nSPS) is 10.9. The monoisotopic (exact) mass is 355 g/mol. The fourth-order valence-electron chi connectivity index (χ4n) is 2.11. The molecule has 1 heterocycles. The van der Waals surface area contributed by atoms with Crippen LogP contribution in [0.3, 0.4) is 0 Å². The molecule has 0 bridgehead atoms. The summed E-state index contributed by atoms with van der Waals surface area (Å²) in [6.07, 6.45) is 3.07. The minimum Gasteiger partial charge on any atom is -0.497 e. The largest absolute Gasteiger partial charge is 0.497 e. The topological polar surface area (TPSA) is 94.4 Å². The van der Waals surface area contributed by atoms with Crippen LogP contribution in [-0.2, 0) is 4.79 Å². The molecule has 1 N–H and O–H groups in total. The number of hydrogen-bond acceptors (Lipinski definition) is 6. The summed E-state index contributed by atoms with van der Waals surface area (Å²) in [6.45, 7) is 0. The highest BCUT2D eigenvalue weighted by atomic mass is 32.1. The van der Waals surface area contributed by atoms with Gasteiger partial charge < -0.3 is 4.74 Å². The lowest BCUT2D eigenvalue weighted by atomic mass is 10.2. The Labute approximate surface area is 146 Å². The summed E-state index contributed by atoms with van der Waals surface area (Å²) in [5.74, 6) is 0.412. The van der Waals surface area contributed by atoms with Crippen LogP contribution in [0.15, 0.2) is 48.5 Å². The number of nitro groups is 1. The average Bonchev–Trinajstić information content (AvgIpc) is 3.01. The van der Waals surface area contributed by atoms with Crippen LogP contribution in [0.4, 0.5) is 10.8 Å². The number of fused-ring (bicyclic) bond motifs is 1. The number of aromatic nitrogens is 1. The number of hydrogen-bond donors (Lipinski definition) is 1. The number of carbonyl (C=O) groups is 1. The molecule has 0 aliphatic heterocycles. The maximum absolute atomic E-state index is 12.0. The van der Waals surface area contributed by atoms with Crippen molar-refractivity contribution in [3.05, 3.63) is 64.2 Å². The van der Waals surface area contributed by atoms with Crippen molar-refractivity contribution in [2.45, 2.75) is 0 Å². The number of methoxy groups -OCH3 is 1. The number of anilines is 1. The minimum atomic E-state index is -0.463. The van der Waals surface area contributed by atoms with Gasteiger partial charge in [-0.25, -0.2) is 4.98 Å². The molecule has 0 radical (unpaired) electrons. The maximum atomic E-state index is 12.0. The molecule has 3 aromatic rings. The SMILES string of the molecule is COc1ccc(/C=C/C(=O)Nc2nc3ccc([N+](=O)[O-])cc3s2)cc1. The molecule has 126 valence electrons. The number of non-ortho nitro benzene ring substituents is 1. The Kier molecular flexibility index (Phi) is 4.71. The lowest BCUT2D eigenvalue weighted by Gasteiger charge is -1.99. The first-order valence-electron chi connectivity index (χ1n) is 7.23. The summed E-state index contributed by atoms with van der Waals surface area (Å²) in [5.41, 5.74) is 1.45. The number of ether oxygens (including phenoxy) is 1. The zero-order valence-electron chi connectivity index (χ0n) is 13.1. The summed E-state index contributed by atoms with van der Waals surface area (Å²) in [5, 5.41) is 13.8. The van der Waals surface area contributed by atoms with Crippen LogP contribution >= 0.6 is 11.3 Å². The molecule has 0 atom stereocenters. The number of carbonyl (C=O) groups excluding carboxylic acids is 1. The van der Waals surface area contributed by atoms with Gasteiger partial charge in [-0.3, -0.25) is 20.2 Å². The second-order valence-electron chi connectivity index (χ2n) is 5.02. The Morgan fingerprint density at radius 3 is 2.72 bits per heavy atom. The third-order valence-electron chi connectivity index (χ3n) is 3.36. The molecule has 0 spiro atoms. The third kappa shape index (κ3) is 3.99. The summed E-state index contributed by atoms with van der Waals surface area (Å²) in [7, 11) is 1.59. The van der Waals surface area contributed by atoms with E-state index in [1.54, 1.807) is 31.4 Å². The van der Waals surface area contributed by atoms with Crippen molar-refractivity contribution in [2.24, 2.45) is 0 Å². The second-order valence-corrected chi connectivity index (χ2v) is 6.05. The number of rotatable bonds is 5. The predicted octanol–water partition coefficient (Wildman–Crippen LogP) is 3.87. The average molecular weight is 355 g/mol. The lowest BCUT2D eigenvalue weighted by Crippen LogP contribution is -2.07. The van der Waals surface area contributed by atoms with E-state index >= 15 is 0 Å². The quantitative estimate of drug-likeness (QED) is 0.426. The molecule has 25 heavy (non-hydrogen) atoms. The first kappa shape index (κ1) is 16.6. The Morgan fingerprint density at radius 2 is 2.04 bits per heavy atom. The fourth-order valence-corrected chi connectivity index (χ4v) is 3.02. The standard InChI is InChI=1S/C17H13N3O4S/c1-24-13-6-2-11(3-7-13)4-9-16(21)19-17-18-14-8-5-12(20(22)23)10-15(14)25-17/h2-10H,1H3,(H,18,19,21)/b9-4+. The van der Waals surface area contributed by atoms with E-state index in [1.165, 1.54) is 29.5 Å². The molecule has 0 aliphatic rings. The Bertz CT molecular complexity index is 964. The zero-order valence-corrected chi connectivity index (χ0v) is 13.9. The van der Waals surface area contributed by atoms with Crippen molar-refractivity contribution in [3.63, 3.8) is 0 Å². The molecule has 1 amide bonds. The Balaban J connectivity index is 1.70. The number of benzene rings is 2. The molecule has 0 unspecified atom stereocenters. The Morgan fingerprint density at radius 1 is 1.28 bits per heavy atom. The zero-order chi connectivity index (χ0) is 17.8. The molecule has 3 rings (SSSR count). The van der Waals surface area contributed by atoms with Crippen LogP contribution in [0.5, 0.6) is 5.75 Å². The van der Waals surface area contributed by atoms with Gasteiger partial charge in [-0.2, -0.15) is 0 Å². The second kappa shape index (κ2) is 7.10. The predicted molar refractivity (Wildman–Crippen MR) is 96.9 cm³/mol. The molecule has 2 aromatic carbocycles. The lowest BCUT2D eigenvalue weighted by molar-refractivity contribution is -0.384. The number of nitrogens with zero attached hydrogens (tertiary/aromatic N) is 2. The number of amides is 1. The number of thiazole rings is 1. The van der Waals surface area contributed by atoms with E-state index in [1.807, 2.05) is 12.1 Å². The van der Waals surface area contributed by atoms with Crippen LogP contribution in [0.25, 0.3) is 16.3 Å². The van der Waals surface area contributed by atoms with Crippen LogP contribution < -0.4 is 10.1 Å². The smallest absolute Gasteiger partial charge is 0.270 e. The summed E-state index contributed by atoms with van der Waals surface area (Å²) in [4.78, 5) is 26.6. The van der Waals surface area contributed by atoms with Gasteiger partial charge in [-0.05, 0) is 29.8 Å². The van der Waals surface area contributed by atoms with Crippen molar-refractivity contribution < 1.29 is 14.5 Å². The van der Waals surface area contributed by atoms with Crippen LogP contribution in [0.2, 0.25) is 0 Å². The molecular formula is C17H13N3O4S. The van der Waals surface area contributed by atoms with Crippen molar-refractivity contribution >= 4 is 44.4 Å². The van der Waals surface area contributed by atoms with E-state index < -0.39 is 4.92 Å². The van der Waals surface area contributed by atoms with Crippen LogP contribution in [-0.4, -0.2) is 22.9 Å². The molecular weight excluding hydrogens is 342 g/mol. The van der Waals surface area contributed by atoms with Gasteiger partial charge in [0.05, 0.1) is 22.2 Å². The highest BCUT2D eigenvalue weighted by molar-refractivity contribution is 7.22. The summed E-state index contributed by atoms with van der Waals surface area (Å²) < 4.78 is 5.72. The number of nitro benzene ring substituents is 1. The minimum absolute atomic E-state index is 0.00609. The molecule has 0 saturated carbocycles. The highest BCUT2D eigenvalue weighted by Crippen LogP contribution is 2.29. The molecule has 1 aromatic heterocycles. The van der Waals surface area contributed by atoms with Gasteiger partial charge in [0.15, 0.2) is 5.13 Å². The van der Waals surface area contributed by atoms with Crippen molar-refractivity contribution in [1.82, 2.24) is 4.98 Å². The molecule has 0 fully saturated rings. The van der Waals surface area contributed by atoms with Crippen LogP contribution in [0, 0.1) is 10.1 Å². The molecule has 0 saturated heterocycles. The van der Waals surface area contributed by atoms with Crippen molar-refractivity contribution in [1.29, 1.82) is 0 Å². The maximum Gasteiger partial charge on any atom is 0.270 e. The fraction of sp³-hybridized carbons (Fsp3) is 0.0588. The van der Waals surface area contributed by atoms with E-state index in [2.05, 4.69) is 10.3 Å². The van der Waals surface area contributed by atoms with E-state index in [9.17, 15) is 14.9 Å². The van der Waals surface area contributed by atoms with Gasteiger partial charge in [-0.15, -0.1) is 0 Å². The van der Waals surface area contributed by atoms with Crippen molar-refractivity contribution in [2.75, 3.05) is 12.4 Å². The third-order valence-corrected chi connectivity index (χ3v) is 4.29. The summed E-state index contributed by atoms with van der Waals surface area (Å²) in [6, 6.07) is 11.7. The van der Waals surface area contributed by atoms with Gasteiger partial charge in [0, 0.05) is 18.2 Å². The van der Waals surface area contributed by atoms with Crippen molar-refractivity contribution in [3.8, 4) is 5.75 Å². The molecule has 8 heteroatoms. The number of nitrogens with one attached hydrogen (secondary N) is 1. The molecule has 0 aliphatic carbocycles. The Hall–Kier alpha value is -3.26. The van der Waals surface area contributed by atoms with Crippen LogP contribution in [0.1, 0.15) is 5.56 Å². The van der Waals surface area contributed by atoms with Gasteiger partial charge in [-0.1, -0.05) is 23.5 Å². The van der Waals surface area contributed by atoms with E-state index in [0.29, 0.717) is 15.3 Å². The first-order chi connectivity index (χ1) is 12.0.